The molecule has 0 saturated heterocycles. The smallest absolute Gasteiger partial charge is 0.0737 e. The molecule has 3 heteroatoms. The minimum absolute atomic E-state index is 0.535. The summed E-state index contributed by atoms with van der Waals surface area (Å²) in [4.78, 5) is 0. The lowest BCUT2D eigenvalue weighted by molar-refractivity contribution is 0.134. The van der Waals surface area contributed by atoms with Crippen LogP contribution in [0.15, 0.2) is 18.2 Å². The molecular weight excluding hydrogens is 152 g/mol. The molecule has 0 spiro atoms. The molecule has 0 aliphatic rings. The van der Waals surface area contributed by atoms with Gasteiger partial charge in [0.05, 0.1) is 6.61 Å². The first-order valence-corrected chi connectivity index (χ1v) is 3.95. The van der Waals surface area contributed by atoms with Crippen molar-refractivity contribution < 1.29 is 4.74 Å². The van der Waals surface area contributed by atoms with Crippen molar-refractivity contribution >= 4 is 11.4 Å². The van der Waals surface area contributed by atoms with E-state index in [1.165, 1.54) is 0 Å². The van der Waals surface area contributed by atoms with Crippen molar-refractivity contribution in [1.82, 2.24) is 0 Å². The van der Waals surface area contributed by atoms with Gasteiger partial charge in [-0.3, -0.25) is 0 Å². The second-order valence-electron chi connectivity index (χ2n) is 2.60. The highest BCUT2D eigenvalue weighted by Crippen LogP contribution is 2.16. The molecule has 0 unspecified atom stereocenters. The summed E-state index contributed by atoms with van der Waals surface area (Å²) < 4.78 is 5.22. The van der Waals surface area contributed by atoms with E-state index in [0.717, 1.165) is 16.9 Å². The Balaban J connectivity index is 2.75. The summed E-state index contributed by atoms with van der Waals surface area (Å²) in [6, 6.07) is 5.42. The van der Waals surface area contributed by atoms with Crippen molar-refractivity contribution in [2.24, 2.45) is 0 Å². The SMILES string of the molecule is CCOCc1cc(N)ccc1N. The van der Waals surface area contributed by atoms with Gasteiger partial charge in [-0.2, -0.15) is 0 Å². The summed E-state index contributed by atoms with van der Waals surface area (Å²) in [5, 5.41) is 0. The van der Waals surface area contributed by atoms with Gasteiger partial charge in [-0.25, -0.2) is 0 Å². The van der Waals surface area contributed by atoms with Crippen LogP contribution in [-0.2, 0) is 11.3 Å². The van der Waals surface area contributed by atoms with Gasteiger partial charge in [0.15, 0.2) is 0 Å². The van der Waals surface area contributed by atoms with Gasteiger partial charge in [0.25, 0.3) is 0 Å². The zero-order chi connectivity index (χ0) is 8.97. The van der Waals surface area contributed by atoms with Gasteiger partial charge in [-0.05, 0) is 25.1 Å². The van der Waals surface area contributed by atoms with Gasteiger partial charge in [0.2, 0.25) is 0 Å². The van der Waals surface area contributed by atoms with Crippen molar-refractivity contribution in [1.29, 1.82) is 0 Å². The van der Waals surface area contributed by atoms with Crippen molar-refractivity contribution in [3.8, 4) is 0 Å². The molecule has 1 aromatic carbocycles. The summed E-state index contributed by atoms with van der Waals surface area (Å²) in [5.74, 6) is 0. The topological polar surface area (TPSA) is 61.3 Å². The van der Waals surface area contributed by atoms with Gasteiger partial charge in [0, 0.05) is 23.5 Å². The first kappa shape index (κ1) is 8.87. The molecule has 0 fully saturated rings. The predicted octanol–water partition coefficient (Wildman–Crippen LogP) is 1.39. The summed E-state index contributed by atoms with van der Waals surface area (Å²) in [6.45, 7) is 3.17. The zero-order valence-corrected chi connectivity index (χ0v) is 7.21. The van der Waals surface area contributed by atoms with Crippen molar-refractivity contribution in [3.05, 3.63) is 23.8 Å². The second-order valence-corrected chi connectivity index (χ2v) is 2.60. The quantitative estimate of drug-likeness (QED) is 0.667. The van der Waals surface area contributed by atoms with E-state index in [9.17, 15) is 0 Å². The fourth-order valence-corrected chi connectivity index (χ4v) is 0.963. The molecule has 12 heavy (non-hydrogen) atoms. The van der Waals surface area contributed by atoms with Crippen molar-refractivity contribution in [2.75, 3.05) is 18.1 Å². The monoisotopic (exact) mass is 166 g/mol. The molecule has 0 bridgehead atoms. The summed E-state index contributed by atoms with van der Waals surface area (Å²) in [5.41, 5.74) is 13.7. The van der Waals surface area contributed by atoms with Gasteiger partial charge in [-0.15, -0.1) is 0 Å². The molecule has 1 aromatic rings. The van der Waals surface area contributed by atoms with Crippen LogP contribution in [0.2, 0.25) is 0 Å². The molecule has 1 rings (SSSR count). The Bertz CT molecular complexity index is 261. The van der Waals surface area contributed by atoms with Gasteiger partial charge >= 0.3 is 0 Å². The second kappa shape index (κ2) is 3.97. The van der Waals surface area contributed by atoms with E-state index < -0.39 is 0 Å². The average Bonchev–Trinajstić information content (AvgIpc) is 2.07. The first-order valence-electron chi connectivity index (χ1n) is 3.95. The van der Waals surface area contributed by atoms with E-state index in [1.54, 1.807) is 12.1 Å². The number of ether oxygens (including phenoxy) is 1. The minimum Gasteiger partial charge on any atom is -0.399 e. The molecule has 0 heterocycles. The number of benzene rings is 1. The summed E-state index contributed by atoms with van der Waals surface area (Å²) in [7, 11) is 0. The van der Waals surface area contributed by atoms with E-state index in [1.807, 2.05) is 13.0 Å². The van der Waals surface area contributed by atoms with Crippen LogP contribution in [0, 0.1) is 0 Å². The highest BCUT2D eigenvalue weighted by Gasteiger charge is 1.98. The lowest BCUT2D eigenvalue weighted by atomic mass is 10.2. The van der Waals surface area contributed by atoms with Crippen LogP contribution in [0.1, 0.15) is 12.5 Å². The van der Waals surface area contributed by atoms with Crippen LogP contribution >= 0.6 is 0 Å². The number of anilines is 2. The Morgan fingerprint density at radius 2 is 2.08 bits per heavy atom. The number of nitrogens with two attached hydrogens (primary N) is 2. The average molecular weight is 166 g/mol. The summed E-state index contributed by atoms with van der Waals surface area (Å²) in [6.07, 6.45) is 0. The molecule has 0 aliphatic heterocycles. The fourth-order valence-electron chi connectivity index (χ4n) is 0.963. The third-order valence-corrected chi connectivity index (χ3v) is 1.63. The van der Waals surface area contributed by atoms with Crippen LogP contribution in [-0.4, -0.2) is 6.61 Å². The molecule has 0 aromatic heterocycles. The van der Waals surface area contributed by atoms with E-state index in [2.05, 4.69) is 0 Å². The number of hydrogen-bond acceptors (Lipinski definition) is 3. The van der Waals surface area contributed by atoms with Gasteiger partial charge in [0.1, 0.15) is 0 Å². The van der Waals surface area contributed by atoms with Crippen LogP contribution in [0.25, 0.3) is 0 Å². The highest BCUT2D eigenvalue weighted by atomic mass is 16.5. The van der Waals surface area contributed by atoms with E-state index in [4.69, 9.17) is 16.2 Å². The standard InChI is InChI=1S/C9H14N2O/c1-2-12-6-7-5-8(10)3-4-9(7)11/h3-5H,2,6,10-11H2,1H3. The summed E-state index contributed by atoms with van der Waals surface area (Å²) >= 11 is 0. The van der Waals surface area contributed by atoms with Gasteiger partial charge in [-0.1, -0.05) is 0 Å². The molecular formula is C9H14N2O. The third kappa shape index (κ3) is 2.13. The maximum absolute atomic E-state index is 5.69. The Hall–Kier alpha value is -1.22. The Morgan fingerprint density at radius 3 is 2.75 bits per heavy atom. The molecule has 0 atom stereocenters. The van der Waals surface area contributed by atoms with E-state index in [-0.39, 0.29) is 0 Å². The number of rotatable bonds is 3. The van der Waals surface area contributed by atoms with Gasteiger partial charge < -0.3 is 16.2 Å². The largest absolute Gasteiger partial charge is 0.399 e. The number of hydrogen-bond donors (Lipinski definition) is 2. The van der Waals surface area contributed by atoms with Crippen LogP contribution < -0.4 is 11.5 Å². The maximum atomic E-state index is 5.69. The lowest BCUT2D eigenvalue weighted by Gasteiger charge is -2.05. The first-order chi connectivity index (χ1) is 5.74. The normalized spacial score (nSPS) is 10.1. The van der Waals surface area contributed by atoms with E-state index in [0.29, 0.717) is 13.2 Å². The third-order valence-electron chi connectivity index (χ3n) is 1.63. The highest BCUT2D eigenvalue weighted by molar-refractivity contribution is 5.54. The number of nitrogen functional groups attached to an aromatic ring is 2. The van der Waals surface area contributed by atoms with Crippen LogP contribution in [0.5, 0.6) is 0 Å². The molecule has 3 nitrogen and oxygen atoms in total. The molecule has 0 saturated carbocycles. The molecule has 0 radical (unpaired) electrons. The lowest BCUT2D eigenvalue weighted by Crippen LogP contribution is -1.99. The minimum atomic E-state index is 0.535. The molecule has 0 amide bonds. The molecule has 4 N–H and O–H groups in total. The maximum Gasteiger partial charge on any atom is 0.0737 e. The Kier molecular flexibility index (Phi) is 2.94. The Morgan fingerprint density at radius 1 is 1.33 bits per heavy atom. The van der Waals surface area contributed by atoms with E-state index >= 15 is 0 Å². The zero-order valence-electron chi connectivity index (χ0n) is 7.21. The van der Waals surface area contributed by atoms with Crippen LogP contribution in [0.4, 0.5) is 11.4 Å². The molecule has 0 aliphatic carbocycles. The van der Waals surface area contributed by atoms with Crippen LogP contribution in [0.3, 0.4) is 0 Å². The predicted molar refractivity (Wildman–Crippen MR) is 50.6 cm³/mol. The fraction of sp³-hybridized carbons (Fsp3) is 0.333. The van der Waals surface area contributed by atoms with Crippen molar-refractivity contribution in [3.63, 3.8) is 0 Å². The molecule has 66 valence electrons. The Labute approximate surface area is 72.3 Å². The van der Waals surface area contributed by atoms with Crippen molar-refractivity contribution in [2.45, 2.75) is 13.5 Å².